The highest BCUT2D eigenvalue weighted by atomic mass is 16.6. The van der Waals surface area contributed by atoms with Gasteiger partial charge >= 0.3 is 0 Å². The second-order valence-corrected chi connectivity index (χ2v) is 5.22. The van der Waals surface area contributed by atoms with Gasteiger partial charge in [-0.05, 0) is 37.7 Å². The van der Waals surface area contributed by atoms with Gasteiger partial charge in [0.2, 0.25) is 0 Å². The van der Waals surface area contributed by atoms with Gasteiger partial charge in [-0.2, -0.15) is 0 Å². The molecule has 2 aliphatic heterocycles. The van der Waals surface area contributed by atoms with Crippen molar-refractivity contribution in [1.29, 1.82) is 0 Å². The molecule has 2 aliphatic rings. The van der Waals surface area contributed by atoms with E-state index in [1.165, 1.54) is 5.56 Å². The van der Waals surface area contributed by atoms with Crippen LogP contribution >= 0.6 is 0 Å². The highest BCUT2D eigenvalue weighted by Gasteiger charge is 2.27. The Morgan fingerprint density at radius 2 is 2.00 bits per heavy atom. The lowest BCUT2D eigenvalue weighted by atomic mass is 9.86. The van der Waals surface area contributed by atoms with Crippen LogP contribution in [0.5, 0.6) is 11.5 Å². The number of ether oxygens (including phenoxy) is 2. The van der Waals surface area contributed by atoms with Crippen LogP contribution in [-0.2, 0) is 0 Å². The molecule has 4 heteroatoms. The van der Waals surface area contributed by atoms with Gasteiger partial charge in [0.05, 0.1) is 0 Å². The molecule has 1 aromatic rings. The average molecular weight is 248 g/mol. The predicted molar refractivity (Wildman–Crippen MR) is 70.3 cm³/mol. The molecule has 1 fully saturated rings. The maximum atomic E-state index is 6.25. The molecule has 2 heterocycles. The van der Waals surface area contributed by atoms with E-state index in [1.54, 1.807) is 0 Å². The van der Waals surface area contributed by atoms with Gasteiger partial charge in [-0.15, -0.1) is 0 Å². The van der Waals surface area contributed by atoms with Crippen LogP contribution in [-0.4, -0.2) is 44.3 Å². The van der Waals surface area contributed by atoms with Gasteiger partial charge in [0.25, 0.3) is 0 Å². The Balaban J connectivity index is 1.86. The fraction of sp³-hybridized carbons (Fsp3) is 0.571. The Bertz CT molecular complexity index is 436. The largest absolute Gasteiger partial charge is 0.486 e. The number of hydrogen-bond donors (Lipinski definition) is 1. The molecule has 0 aliphatic carbocycles. The van der Waals surface area contributed by atoms with Crippen LogP contribution in [0, 0.1) is 0 Å². The number of likely N-dealkylation sites (tertiary alicyclic amines) is 1. The van der Waals surface area contributed by atoms with Crippen molar-refractivity contribution in [3.8, 4) is 11.5 Å². The van der Waals surface area contributed by atoms with Crippen LogP contribution in [0.3, 0.4) is 0 Å². The highest BCUT2D eigenvalue weighted by Crippen LogP contribution is 2.35. The van der Waals surface area contributed by atoms with Crippen LogP contribution < -0.4 is 15.2 Å². The summed E-state index contributed by atoms with van der Waals surface area (Å²) in [5.41, 5.74) is 7.51. The van der Waals surface area contributed by atoms with E-state index in [0.717, 1.165) is 31.0 Å². The lowest BCUT2D eigenvalue weighted by Crippen LogP contribution is -2.44. The molecule has 3 rings (SSSR count). The lowest BCUT2D eigenvalue weighted by molar-refractivity contribution is 0.170. The van der Waals surface area contributed by atoms with Gasteiger partial charge < -0.3 is 20.1 Å². The Morgan fingerprint density at radius 3 is 2.83 bits per heavy atom. The first kappa shape index (κ1) is 11.8. The normalized spacial score (nSPS) is 28.1. The second kappa shape index (κ2) is 4.78. The van der Waals surface area contributed by atoms with E-state index in [0.29, 0.717) is 19.1 Å². The van der Waals surface area contributed by atoms with Crippen molar-refractivity contribution in [3.05, 3.63) is 23.8 Å². The standard InChI is InChI=1S/C14H20N2O2/c1-16-5-4-12(15)11(9-16)10-2-3-13-14(8-10)18-7-6-17-13/h2-3,8,11-12H,4-7,9,15H2,1H3. The van der Waals surface area contributed by atoms with E-state index in [1.807, 2.05) is 6.07 Å². The highest BCUT2D eigenvalue weighted by molar-refractivity contribution is 5.45. The molecule has 0 radical (unpaired) electrons. The molecule has 0 saturated carbocycles. The SMILES string of the molecule is CN1CCC(N)C(c2ccc3c(c2)OCCO3)C1. The topological polar surface area (TPSA) is 47.7 Å². The number of likely N-dealkylation sites (N-methyl/N-ethyl adjacent to an activating group) is 1. The van der Waals surface area contributed by atoms with Crippen LogP contribution in [0.4, 0.5) is 0 Å². The summed E-state index contributed by atoms with van der Waals surface area (Å²) in [4.78, 5) is 2.34. The number of hydrogen-bond acceptors (Lipinski definition) is 4. The zero-order valence-corrected chi connectivity index (χ0v) is 10.8. The minimum atomic E-state index is 0.240. The van der Waals surface area contributed by atoms with E-state index in [4.69, 9.17) is 15.2 Å². The number of benzene rings is 1. The second-order valence-electron chi connectivity index (χ2n) is 5.22. The van der Waals surface area contributed by atoms with Crippen molar-refractivity contribution in [1.82, 2.24) is 4.90 Å². The maximum absolute atomic E-state index is 6.25. The number of fused-ring (bicyclic) bond motifs is 1. The summed E-state index contributed by atoms with van der Waals surface area (Å²) in [5, 5.41) is 0. The third-order valence-corrected chi connectivity index (χ3v) is 3.86. The Labute approximate surface area is 108 Å². The summed E-state index contributed by atoms with van der Waals surface area (Å²) in [7, 11) is 2.15. The third-order valence-electron chi connectivity index (χ3n) is 3.86. The smallest absolute Gasteiger partial charge is 0.161 e. The van der Waals surface area contributed by atoms with Crippen LogP contribution in [0.15, 0.2) is 18.2 Å². The summed E-state index contributed by atoms with van der Waals surface area (Å²) >= 11 is 0. The molecule has 0 amide bonds. The molecule has 18 heavy (non-hydrogen) atoms. The van der Waals surface area contributed by atoms with E-state index in [9.17, 15) is 0 Å². The molecule has 2 unspecified atom stereocenters. The van der Waals surface area contributed by atoms with Gasteiger partial charge in [0, 0.05) is 18.5 Å². The molecule has 4 nitrogen and oxygen atoms in total. The molecule has 1 saturated heterocycles. The summed E-state index contributed by atoms with van der Waals surface area (Å²) < 4.78 is 11.2. The van der Waals surface area contributed by atoms with Crippen molar-refractivity contribution < 1.29 is 9.47 Å². The number of piperidine rings is 1. The van der Waals surface area contributed by atoms with Crippen molar-refractivity contribution >= 4 is 0 Å². The van der Waals surface area contributed by atoms with Gasteiger partial charge in [0.15, 0.2) is 11.5 Å². The van der Waals surface area contributed by atoms with Crippen LogP contribution in [0.2, 0.25) is 0 Å². The first-order valence-corrected chi connectivity index (χ1v) is 6.58. The molecular formula is C14H20N2O2. The number of nitrogens with two attached hydrogens (primary N) is 1. The Morgan fingerprint density at radius 1 is 1.22 bits per heavy atom. The van der Waals surface area contributed by atoms with Crippen molar-refractivity contribution in [2.24, 2.45) is 5.73 Å². The van der Waals surface area contributed by atoms with Crippen LogP contribution in [0.25, 0.3) is 0 Å². The van der Waals surface area contributed by atoms with Crippen molar-refractivity contribution in [2.75, 3.05) is 33.4 Å². The van der Waals surface area contributed by atoms with Gasteiger partial charge in [0.1, 0.15) is 13.2 Å². The van der Waals surface area contributed by atoms with E-state index < -0.39 is 0 Å². The summed E-state index contributed by atoms with van der Waals surface area (Å²) in [6.07, 6.45) is 1.05. The monoisotopic (exact) mass is 248 g/mol. The maximum Gasteiger partial charge on any atom is 0.161 e. The fourth-order valence-electron chi connectivity index (χ4n) is 2.78. The first-order valence-electron chi connectivity index (χ1n) is 6.58. The Kier molecular flexibility index (Phi) is 3.14. The molecule has 0 spiro atoms. The lowest BCUT2D eigenvalue weighted by Gasteiger charge is -2.35. The predicted octanol–water partition coefficient (Wildman–Crippen LogP) is 1.20. The number of nitrogens with zero attached hydrogens (tertiary/aromatic N) is 1. The minimum absolute atomic E-state index is 0.240. The van der Waals surface area contributed by atoms with Crippen molar-refractivity contribution in [3.63, 3.8) is 0 Å². The summed E-state index contributed by atoms with van der Waals surface area (Å²) in [5.74, 6) is 2.10. The third kappa shape index (κ3) is 2.18. The molecule has 2 atom stereocenters. The molecule has 1 aromatic carbocycles. The zero-order chi connectivity index (χ0) is 12.5. The van der Waals surface area contributed by atoms with E-state index in [2.05, 4.69) is 24.1 Å². The van der Waals surface area contributed by atoms with E-state index in [-0.39, 0.29) is 6.04 Å². The van der Waals surface area contributed by atoms with Crippen LogP contribution in [0.1, 0.15) is 17.9 Å². The first-order chi connectivity index (χ1) is 8.74. The molecule has 0 bridgehead atoms. The zero-order valence-electron chi connectivity index (χ0n) is 10.8. The number of rotatable bonds is 1. The quantitative estimate of drug-likeness (QED) is 0.811. The van der Waals surface area contributed by atoms with Crippen molar-refractivity contribution in [2.45, 2.75) is 18.4 Å². The van der Waals surface area contributed by atoms with E-state index >= 15 is 0 Å². The summed E-state index contributed by atoms with van der Waals surface area (Å²) in [6.45, 7) is 3.37. The minimum Gasteiger partial charge on any atom is -0.486 e. The van der Waals surface area contributed by atoms with Gasteiger partial charge in [-0.1, -0.05) is 6.07 Å². The van der Waals surface area contributed by atoms with Gasteiger partial charge in [-0.25, -0.2) is 0 Å². The summed E-state index contributed by atoms with van der Waals surface area (Å²) in [6, 6.07) is 6.46. The van der Waals surface area contributed by atoms with Gasteiger partial charge in [-0.3, -0.25) is 0 Å². The molecule has 98 valence electrons. The molecule has 2 N–H and O–H groups in total. The average Bonchev–Trinajstić information content (AvgIpc) is 2.41. The molecule has 0 aromatic heterocycles. The molecular weight excluding hydrogens is 228 g/mol. The fourth-order valence-corrected chi connectivity index (χ4v) is 2.78. The Hall–Kier alpha value is -1.26.